The summed E-state index contributed by atoms with van der Waals surface area (Å²) in [4.78, 5) is 0. The lowest BCUT2D eigenvalue weighted by Gasteiger charge is -2.20. The van der Waals surface area contributed by atoms with Gasteiger partial charge in [-0.05, 0) is 0 Å². The van der Waals surface area contributed by atoms with Gasteiger partial charge in [0.25, 0.3) is 0 Å². The first kappa shape index (κ1) is 7.55. The van der Waals surface area contributed by atoms with Crippen LogP contribution in [0.15, 0.2) is 0 Å². The Kier molecular flexibility index (Phi) is 1.95. The van der Waals surface area contributed by atoms with E-state index in [0.717, 1.165) is 0 Å². The SMILES string of the molecule is C#CC1(O)CCOC1OC. The number of rotatable bonds is 1. The average molecular weight is 142 g/mol. The summed E-state index contributed by atoms with van der Waals surface area (Å²) in [6.45, 7) is 0.458. The molecule has 0 aromatic heterocycles. The zero-order chi connectivity index (χ0) is 7.61. The summed E-state index contributed by atoms with van der Waals surface area (Å²) < 4.78 is 9.80. The highest BCUT2D eigenvalue weighted by atomic mass is 16.7. The average Bonchev–Trinajstić information content (AvgIpc) is 2.32. The standard InChI is InChI=1S/C7H10O3/c1-3-7(8)4-5-10-6(7)9-2/h1,6,8H,4-5H2,2H3. The van der Waals surface area contributed by atoms with Crippen molar-refractivity contribution in [3.8, 4) is 12.3 Å². The van der Waals surface area contributed by atoms with Crippen molar-refractivity contribution in [2.75, 3.05) is 13.7 Å². The maximum Gasteiger partial charge on any atom is 0.197 e. The molecule has 0 spiro atoms. The van der Waals surface area contributed by atoms with Gasteiger partial charge in [0.15, 0.2) is 11.9 Å². The van der Waals surface area contributed by atoms with E-state index in [0.29, 0.717) is 13.0 Å². The van der Waals surface area contributed by atoms with Crippen molar-refractivity contribution in [3.63, 3.8) is 0 Å². The third-order valence-corrected chi connectivity index (χ3v) is 1.61. The van der Waals surface area contributed by atoms with E-state index in [1.165, 1.54) is 7.11 Å². The van der Waals surface area contributed by atoms with Crippen LogP contribution in [0, 0.1) is 12.3 Å². The van der Waals surface area contributed by atoms with E-state index in [2.05, 4.69) is 5.92 Å². The molecule has 3 nitrogen and oxygen atoms in total. The number of methoxy groups -OCH3 is 1. The first-order chi connectivity index (χ1) is 4.73. The molecule has 3 heteroatoms. The van der Waals surface area contributed by atoms with Gasteiger partial charge >= 0.3 is 0 Å². The van der Waals surface area contributed by atoms with Crippen molar-refractivity contribution < 1.29 is 14.6 Å². The van der Waals surface area contributed by atoms with Crippen LogP contribution in [-0.4, -0.2) is 30.7 Å². The minimum atomic E-state index is -1.21. The topological polar surface area (TPSA) is 38.7 Å². The van der Waals surface area contributed by atoms with Crippen LogP contribution in [0.5, 0.6) is 0 Å². The summed E-state index contributed by atoms with van der Waals surface area (Å²) in [6.07, 6.45) is 4.87. The molecular weight excluding hydrogens is 132 g/mol. The van der Waals surface area contributed by atoms with Gasteiger partial charge in [-0.3, -0.25) is 0 Å². The fourth-order valence-electron chi connectivity index (χ4n) is 0.980. The molecule has 1 saturated heterocycles. The molecule has 0 aromatic carbocycles. The summed E-state index contributed by atoms with van der Waals surface area (Å²) in [5, 5.41) is 9.47. The highest BCUT2D eigenvalue weighted by molar-refractivity contribution is 5.11. The molecule has 0 radical (unpaired) electrons. The van der Waals surface area contributed by atoms with Crippen LogP contribution in [0.1, 0.15) is 6.42 Å². The van der Waals surface area contributed by atoms with Crippen LogP contribution in [0.3, 0.4) is 0 Å². The van der Waals surface area contributed by atoms with E-state index >= 15 is 0 Å². The van der Waals surface area contributed by atoms with Crippen LogP contribution in [0.2, 0.25) is 0 Å². The minimum Gasteiger partial charge on any atom is -0.373 e. The Balaban J connectivity index is 2.68. The minimum absolute atomic E-state index is 0.446. The van der Waals surface area contributed by atoms with Crippen molar-refractivity contribution in [1.82, 2.24) is 0 Å². The molecule has 0 aliphatic carbocycles. The number of terminal acetylenes is 1. The Labute approximate surface area is 59.9 Å². The number of aliphatic hydroxyl groups is 1. The maximum absolute atomic E-state index is 9.47. The molecular formula is C7H10O3. The molecule has 1 fully saturated rings. The second-order valence-corrected chi connectivity index (χ2v) is 2.26. The van der Waals surface area contributed by atoms with E-state index in [1.807, 2.05) is 0 Å². The molecule has 1 aliphatic heterocycles. The second kappa shape index (κ2) is 2.59. The smallest absolute Gasteiger partial charge is 0.197 e. The van der Waals surface area contributed by atoms with Gasteiger partial charge in [0, 0.05) is 13.5 Å². The molecule has 1 aliphatic rings. The van der Waals surface area contributed by atoms with Crippen LogP contribution in [0.25, 0.3) is 0 Å². The monoisotopic (exact) mass is 142 g/mol. The van der Waals surface area contributed by atoms with E-state index in [4.69, 9.17) is 15.9 Å². The van der Waals surface area contributed by atoms with Crippen LogP contribution in [-0.2, 0) is 9.47 Å². The second-order valence-electron chi connectivity index (χ2n) is 2.26. The quantitative estimate of drug-likeness (QED) is 0.513. The summed E-state index contributed by atoms with van der Waals surface area (Å²) in [5.41, 5.74) is -1.21. The molecule has 0 amide bonds. The third kappa shape index (κ3) is 1.01. The Morgan fingerprint density at radius 3 is 3.00 bits per heavy atom. The summed E-state index contributed by atoms with van der Waals surface area (Å²) in [7, 11) is 1.46. The van der Waals surface area contributed by atoms with E-state index < -0.39 is 11.9 Å². The number of ether oxygens (including phenoxy) is 2. The van der Waals surface area contributed by atoms with Gasteiger partial charge in [0.2, 0.25) is 0 Å². The molecule has 0 saturated carbocycles. The van der Waals surface area contributed by atoms with Crippen molar-refractivity contribution in [2.45, 2.75) is 18.3 Å². The van der Waals surface area contributed by atoms with Crippen molar-refractivity contribution in [1.29, 1.82) is 0 Å². The van der Waals surface area contributed by atoms with Gasteiger partial charge in [0.1, 0.15) is 0 Å². The maximum atomic E-state index is 9.47. The fourth-order valence-corrected chi connectivity index (χ4v) is 0.980. The Morgan fingerprint density at radius 2 is 2.60 bits per heavy atom. The van der Waals surface area contributed by atoms with Crippen molar-refractivity contribution >= 4 is 0 Å². The van der Waals surface area contributed by atoms with E-state index in [9.17, 15) is 5.11 Å². The molecule has 2 atom stereocenters. The fraction of sp³-hybridized carbons (Fsp3) is 0.714. The molecule has 56 valence electrons. The zero-order valence-corrected chi connectivity index (χ0v) is 5.83. The lowest BCUT2D eigenvalue weighted by molar-refractivity contribution is -0.155. The Morgan fingerprint density at radius 1 is 1.90 bits per heavy atom. The molecule has 10 heavy (non-hydrogen) atoms. The molecule has 0 aromatic rings. The van der Waals surface area contributed by atoms with Gasteiger partial charge in [-0.2, -0.15) is 0 Å². The summed E-state index contributed by atoms with van der Waals surface area (Å²) in [5.74, 6) is 2.25. The molecule has 2 unspecified atom stereocenters. The lowest BCUT2D eigenvalue weighted by atomic mass is 10.0. The zero-order valence-electron chi connectivity index (χ0n) is 5.83. The van der Waals surface area contributed by atoms with E-state index in [-0.39, 0.29) is 0 Å². The van der Waals surface area contributed by atoms with Crippen LogP contribution >= 0.6 is 0 Å². The highest BCUT2D eigenvalue weighted by Gasteiger charge is 2.41. The van der Waals surface area contributed by atoms with Gasteiger partial charge < -0.3 is 14.6 Å². The van der Waals surface area contributed by atoms with E-state index in [1.54, 1.807) is 0 Å². The third-order valence-electron chi connectivity index (χ3n) is 1.61. The van der Waals surface area contributed by atoms with Crippen molar-refractivity contribution in [2.24, 2.45) is 0 Å². The summed E-state index contributed by atoms with van der Waals surface area (Å²) in [6, 6.07) is 0. The predicted molar refractivity (Wildman–Crippen MR) is 35.1 cm³/mol. The number of hydrogen-bond acceptors (Lipinski definition) is 3. The molecule has 0 bridgehead atoms. The predicted octanol–water partition coefficient (Wildman–Crippen LogP) is -0.257. The Bertz CT molecular complexity index is 161. The lowest BCUT2D eigenvalue weighted by Crippen LogP contribution is -2.37. The van der Waals surface area contributed by atoms with Gasteiger partial charge in [-0.15, -0.1) is 6.42 Å². The largest absolute Gasteiger partial charge is 0.373 e. The van der Waals surface area contributed by atoms with Crippen LogP contribution < -0.4 is 0 Å². The van der Waals surface area contributed by atoms with Crippen LogP contribution in [0.4, 0.5) is 0 Å². The number of hydrogen-bond donors (Lipinski definition) is 1. The van der Waals surface area contributed by atoms with Crippen molar-refractivity contribution in [3.05, 3.63) is 0 Å². The first-order valence-corrected chi connectivity index (χ1v) is 3.07. The normalized spacial score (nSPS) is 39.5. The first-order valence-electron chi connectivity index (χ1n) is 3.07. The molecule has 1 rings (SSSR count). The molecule has 1 heterocycles. The van der Waals surface area contributed by atoms with Gasteiger partial charge in [-0.1, -0.05) is 5.92 Å². The summed E-state index contributed by atoms with van der Waals surface area (Å²) >= 11 is 0. The van der Waals surface area contributed by atoms with Gasteiger partial charge in [-0.25, -0.2) is 0 Å². The highest BCUT2D eigenvalue weighted by Crippen LogP contribution is 2.24. The Hall–Kier alpha value is -0.560. The molecule has 1 N–H and O–H groups in total. The van der Waals surface area contributed by atoms with Gasteiger partial charge in [0.05, 0.1) is 6.61 Å².